The molecule has 0 saturated heterocycles. The minimum absolute atomic E-state index is 0.0971. The minimum Gasteiger partial charge on any atom is -0.461 e. The Hall–Kier alpha value is -1.31. The van der Waals surface area contributed by atoms with Crippen molar-refractivity contribution < 1.29 is 9.53 Å². The lowest BCUT2D eigenvalue weighted by Crippen LogP contribution is -2.04. The summed E-state index contributed by atoms with van der Waals surface area (Å²) in [7, 11) is 0. The van der Waals surface area contributed by atoms with E-state index in [1.807, 2.05) is 31.2 Å². The number of esters is 1. The van der Waals surface area contributed by atoms with Crippen LogP contribution in [-0.2, 0) is 16.1 Å². The van der Waals surface area contributed by atoms with Crippen LogP contribution in [0.1, 0.15) is 37.3 Å². The molecule has 0 aromatic heterocycles. The van der Waals surface area contributed by atoms with E-state index >= 15 is 0 Å². The molecule has 0 heterocycles. The van der Waals surface area contributed by atoms with Gasteiger partial charge in [0.1, 0.15) is 6.61 Å². The van der Waals surface area contributed by atoms with E-state index in [1.54, 1.807) is 0 Å². The molecule has 82 valence electrons. The van der Waals surface area contributed by atoms with Crippen molar-refractivity contribution in [3.05, 3.63) is 35.4 Å². The zero-order valence-corrected chi connectivity index (χ0v) is 9.45. The van der Waals surface area contributed by atoms with Crippen molar-refractivity contribution in [2.24, 2.45) is 0 Å². The summed E-state index contributed by atoms with van der Waals surface area (Å²) in [6.07, 6.45) is 2.47. The number of carbonyl (C=O) groups excluding carboxylic acids is 1. The van der Waals surface area contributed by atoms with Gasteiger partial charge in [-0.2, -0.15) is 0 Å². The van der Waals surface area contributed by atoms with Gasteiger partial charge in [0.15, 0.2) is 0 Å². The fourth-order valence-electron chi connectivity index (χ4n) is 1.32. The maximum Gasteiger partial charge on any atom is 0.306 e. The van der Waals surface area contributed by atoms with Crippen LogP contribution in [-0.4, -0.2) is 5.97 Å². The lowest BCUT2D eigenvalue weighted by atomic mass is 10.1. The van der Waals surface area contributed by atoms with Gasteiger partial charge >= 0.3 is 5.97 Å². The van der Waals surface area contributed by atoms with Crippen LogP contribution in [0.5, 0.6) is 0 Å². The van der Waals surface area contributed by atoms with Crippen LogP contribution in [0.4, 0.5) is 0 Å². The molecule has 1 rings (SSSR count). The highest BCUT2D eigenvalue weighted by Crippen LogP contribution is 2.09. The fraction of sp³-hybridized carbons (Fsp3) is 0.462. The Balaban J connectivity index is 2.37. The van der Waals surface area contributed by atoms with Crippen LogP contribution < -0.4 is 0 Å². The minimum atomic E-state index is -0.0971. The van der Waals surface area contributed by atoms with E-state index in [4.69, 9.17) is 4.74 Å². The largest absolute Gasteiger partial charge is 0.461 e. The number of ether oxygens (including phenoxy) is 1. The molecule has 2 heteroatoms. The second-order valence-corrected chi connectivity index (χ2v) is 3.69. The molecule has 0 aliphatic carbocycles. The average molecular weight is 206 g/mol. The Morgan fingerprint density at radius 2 is 2.07 bits per heavy atom. The first-order valence-corrected chi connectivity index (χ1v) is 5.44. The molecule has 0 spiro atoms. The molecular weight excluding hydrogens is 188 g/mol. The first-order valence-electron chi connectivity index (χ1n) is 5.44. The van der Waals surface area contributed by atoms with Gasteiger partial charge in [0, 0.05) is 6.42 Å². The van der Waals surface area contributed by atoms with Crippen LogP contribution in [0, 0.1) is 6.92 Å². The molecule has 0 saturated carbocycles. The quantitative estimate of drug-likeness (QED) is 0.691. The van der Waals surface area contributed by atoms with Crippen LogP contribution in [0.3, 0.4) is 0 Å². The van der Waals surface area contributed by atoms with Gasteiger partial charge in [-0.05, 0) is 24.5 Å². The molecule has 0 radical (unpaired) electrons. The van der Waals surface area contributed by atoms with E-state index in [0.717, 1.165) is 18.4 Å². The third-order valence-corrected chi connectivity index (χ3v) is 2.38. The Morgan fingerprint density at radius 3 is 2.73 bits per heavy atom. The van der Waals surface area contributed by atoms with Crippen LogP contribution in [0.2, 0.25) is 0 Å². The molecule has 15 heavy (non-hydrogen) atoms. The van der Waals surface area contributed by atoms with Gasteiger partial charge < -0.3 is 4.74 Å². The lowest BCUT2D eigenvalue weighted by Gasteiger charge is -2.06. The summed E-state index contributed by atoms with van der Waals surface area (Å²) in [4.78, 5) is 11.3. The van der Waals surface area contributed by atoms with Crippen molar-refractivity contribution in [2.45, 2.75) is 39.7 Å². The zero-order chi connectivity index (χ0) is 11.1. The number of benzene rings is 1. The van der Waals surface area contributed by atoms with Crippen molar-refractivity contribution in [2.75, 3.05) is 0 Å². The molecule has 0 aliphatic heterocycles. The monoisotopic (exact) mass is 206 g/mol. The van der Waals surface area contributed by atoms with E-state index in [0.29, 0.717) is 13.0 Å². The number of unbranched alkanes of at least 4 members (excludes halogenated alkanes) is 1. The van der Waals surface area contributed by atoms with Crippen molar-refractivity contribution in [3.63, 3.8) is 0 Å². The molecule has 1 aromatic carbocycles. The molecule has 0 amide bonds. The smallest absolute Gasteiger partial charge is 0.306 e. The van der Waals surface area contributed by atoms with Crippen LogP contribution in [0.25, 0.3) is 0 Å². The first kappa shape index (κ1) is 11.8. The lowest BCUT2D eigenvalue weighted by molar-refractivity contribution is -0.145. The van der Waals surface area contributed by atoms with Gasteiger partial charge in [-0.25, -0.2) is 0 Å². The Labute approximate surface area is 91.3 Å². The van der Waals surface area contributed by atoms with Crippen molar-refractivity contribution in [1.82, 2.24) is 0 Å². The molecule has 0 fully saturated rings. The molecule has 0 unspecified atom stereocenters. The van der Waals surface area contributed by atoms with Crippen LogP contribution >= 0.6 is 0 Å². The van der Waals surface area contributed by atoms with Gasteiger partial charge in [-0.15, -0.1) is 0 Å². The van der Waals surface area contributed by atoms with Gasteiger partial charge in [-0.3, -0.25) is 4.79 Å². The summed E-state index contributed by atoms with van der Waals surface area (Å²) in [5.74, 6) is -0.0971. The molecule has 2 nitrogen and oxygen atoms in total. The molecule has 1 aromatic rings. The Bertz CT molecular complexity index is 318. The second-order valence-electron chi connectivity index (χ2n) is 3.69. The standard InChI is InChI=1S/C13H18O2/c1-3-4-9-13(14)15-10-12-8-6-5-7-11(12)2/h5-8H,3-4,9-10H2,1-2H3. The van der Waals surface area contributed by atoms with Crippen LogP contribution in [0.15, 0.2) is 24.3 Å². The SMILES string of the molecule is CCCCC(=O)OCc1ccccc1C. The summed E-state index contributed by atoms with van der Waals surface area (Å²) in [5.41, 5.74) is 2.25. The fourth-order valence-corrected chi connectivity index (χ4v) is 1.32. The Kier molecular flexibility index (Phi) is 4.88. The molecule has 0 N–H and O–H groups in total. The molecule has 0 bridgehead atoms. The maximum atomic E-state index is 11.3. The molecular formula is C13H18O2. The number of carbonyl (C=O) groups is 1. The molecule has 0 atom stereocenters. The van der Waals surface area contributed by atoms with E-state index < -0.39 is 0 Å². The van der Waals surface area contributed by atoms with Gasteiger partial charge in [0.25, 0.3) is 0 Å². The average Bonchev–Trinajstić information content (AvgIpc) is 2.25. The number of aryl methyl sites for hydroxylation is 1. The van der Waals surface area contributed by atoms with E-state index in [9.17, 15) is 4.79 Å². The number of hydrogen-bond donors (Lipinski definition) is 0. The normalized spacial score (nSPS) is 10.0. The van der Waals surface area contributed by atoms with E-state index in [-0.39, 0.29) is 5.97 Å². The summed E-state index contributed by atoms with van der Waals surface area (Å²) >= 11 is 0. The van der Waals surface area contributed by atoms with Gasteiger partial charge in [0.05, 0.1) is 0 Å². The predicted molar refractivity (Wildman–Crippen MR) is 60.5 cm³/mol. The highest BCUT2D eigenvalue weighted by atomic mass is 16.5. The van der Waals surface area contributed by atoms with E-state index in [1.165, 1.54) is 5.56 Å². The predicted octanol–water partition coefficient (Wildman–Crippen LogP) is 3.23. The highest BCUT2D eigenvalue weighted by Gasteiger charge is 2.03. The topological polar surface area (TPSA) is 26.3 Å². The number of rotatable bonds is 5. The van der Waals surface area contributed by atoms with Gasteiger partial charge in [0.2, 0.25) is 0 Å². The highest BCUT2D eigenvalue weighted by molar-refractivity contribution is 5.69. The zero-order valence-electron chi connectivity index (χ0n) is 9.45. The summed E-state index contributed by atoms with van der Waals surface area (Å²) in [5, 5.41) is 0. The van der Waals surface area contributed by atoms with E-state index in [2.05, 4.69) is 6.92 Å². The second kappa shape index (κ2) is 6.23. The van der Waals surface area contributed by atoms with Gasteiger partial charge in [-0.1, -0.05) is 37.6 Å². The van der Waals surface area contributed by atoms with Crippen molar-refractivity contribution in [1.29, 1.82) is 0 Å². The summed E-state index contributed by atoms with van der Waals surface area (Å²) in [6.45, 7) is 4.49. The summed E-state index contributed by atoms with van der Waals surface area (Å²) in [6, 6.07) is 7.96. The third-order valence-electron chi connectivity index (χ3n) is 2.38. The summed E-state index contributed by atoms with van der Waals surface area (Å²) < 4.78 is 5.17. The third kappa shape index (κ3) is 4.15. The molecule has 0 aliphatic rings. The maximum absolute atomic E-state index is 11.3. The van der Waals surface area contributed by atoms with Crippen molar-refractivity contribution >= 4 is 5.97 Å². The first-order chi connectivity index (χ1) is 7.24. The van der Waals surface area contributed by atoms with Crippen molar-refractivity contribution in [3.8, 4) is 0 Å². The number of hydrogen-bond acceptors (Lipinski definition) is 2. The Morgan fingerprint density at radius 1 is 1.33 bits per heavy atom.